The summed E-state index contributed by atoms with van der Waals surface area (Å²) >= 11 is 5.75. The normalized spacial score (nSPS) is 12.7. The highest BCUT2D eigenvalue weighted by atomic mass is 35.5. The molecule has 0 aliphatic heterocycles. The van der Waals surface area contributed by atoms with E-state index in [2.05, 4.69) is 5.32 Å². The predicted molar refractivity (Wildman–Crippen MR) is 65.8 cm³/mol. The van der Waals surface area contributed by atoms with Gasteiger partial charge in [-0.2, -0.15) is 0 Å². The molecule has 4 heteroatoms. The van der Waals surface area contributed by atoms with Crippen LogP contribution in [0.25, 0.3) is 0 Å². The smallest absolute Gasteiger partial charge is 0.193 e. The lowest BCUT2D eigenvalue weighted by atomic mass is 9.99. The minimum atomic E-state index is -0.261. The lowest BCUT2D eigenvalue weighted by Gasteiger charge is -2.16. The Balaban J connectivity index is 2.45. The number of furan rings is 1. The molecular weight excluding hydrogens is 241 g/mol. The highest BCUT2D eigenvalue weighted by Crippen LogP contribution is 2.28. The Morgan fingerprint density at radius 2 is 2.06 bits per heavy atom. The summed E-state index contributed by atoms with van der Waals surface area (Å²) in [5.74, 6) is 0.412. The number of halogens is 2. The first-order chi connectivity index (χ1) is 8.11. The molecule has 0 amide bonds. The molecule has 0 fully saturated rings. The monoisotopic (exact) mass is 253 g/mol. The van der Waals surface area contributed by atoms with Gasteiger partial charge in [0.05, 0.1) is 6.04 Å². The van der Waals surface area contributed by atoms with Crippen molar-refractivity contribution in [2.45, 2.75) is 13.0 Å². The van der Waals surface area contributed by atoms with Gasteiger partial charge >= 0.3 is 0 Å². The van der Waals surface area contributed by atoms with Crippen LogP contribution in [0.2, 0.25) is 5.22 Å². The maximum atomic E-state index is 13.3. The number of hydrogen-bond acceptors (Lipinski definition) is 2. The highest BCUT2D eigenvalue weighted by molar-refractivity contribution is 6.28. The van der Waals surface area contributed by atoms with Crippen molar-refractivity contribution in [1.82, 2.24) is 5.32 Å². The largest absolute Gasteiger partial charge is 0.448 e. The zero-order valence-electron chi connectivity index (χ0n) is 9.63. The predicted octanol–water partition coefficient (Wildman–Crippen LogP) is 3.69. The van der Waals surface area contributed by atoms with Crippen LogP contribution in [0, 0.1) is 12.7 Å². The van der Waals surface area contributed by atoms with Crippen LogP contribution in [0.5, 0.6) is 0 Å². The van der Waals surface area contributed by atoms with Crippen molar-refractivity contribution >= 4 is 11.6 Å². The average Bonchev–Trinajstić information content (AvgIpc) is 2.71. The first kappa shape index (κ1) is 12.1. The van der Waals surface area contributed by atoms with Gasteiger partial charge in [-0.1, -0.05) is 6.07 Å². The van der Waals surface area contributed by atoms with E-state index in [0.29, 0.717) is 11.0 Å². The second-order valence-electron chi connectivity index (χ2n) is 3.86. The van der Waals surface area contributed by atoms with Gasteiger partial charge < -0.3 is 9.73 Å². The topological polar surface area (TPSA) is 25.2 Å². The van der Waals surface area contributed by atoms with Crippen LogP contribution < -0.4 is 5.32 Å². The third-order valence-corrected chi connectivity index (χ3v) is 2.92. The fourth-order valence-corrected chi connectivity index (χ4v) is 2.01. The first-order valence-electron chi connectivity index (χ1n) is 5.30. The summed E-state index contributed by atoms with van der Waals surface area (Å²) in [5, 5.41) is 3.43. The molecule has 0 aliphatic carbocycles. The van der Waals surface area contributed by atoms with Gasteiger partial charge in [-0.25, -0.2) is 4.39 Å². The molecule has 0 aliphatic rings. The number of rotatable bonds is 3. The minimum Gasteiger partial charge on any atom is -0.448 e. The third-order valence-electron chi connectivity index (χ3n) is 2.72. The van der Waals surface area contributed by atoms with Crippen molar-refractivity contribution in [2.75, 3.05) is 7.05 Å². The summed E-state index contributed by atoms with van der Waals surface area (Å²) in [6.45, 7) is 1.93. The van der Waals surface area contributed by atoms with E-state index in [-0.39, 0.29) is 11.9 Å². The lowest BCUT2D eigenvalue weighted by molar-refractivity contribution is 0.463. The van der Waals surface area contributed by atoms with Crippen LogP contribution in [-0.2, 0) is 0 Å². The third kappa shape index (κ3) is 2.51. The fourth-order valence-electron chi connectivity index (χ4n) is 1.86. The van der Waals surface area contributed by atoms with Gasteiger partial charge in [0.2, 0.25) is 0 Å². The lowest BCUT2D eigenvalue weighted by Crippen LogP contribution is -2.18. The standard InChI is InChI=1S/C13H13ClFNO/c1-8-3-4-9(15)7-10(8)13(16-2)11-5-6-12(14)17-11/h3-7,13,16H,1-2H3. The minimum absolute atomic E-state index is 0.196. The van der Waals surface area contributed by atoms with Crippen molar-refractivity contribution in [3.63, 3.8) is 0 Å². The van der Waals surface area contributed by atoms with Crippen molar-refractivity contribution in [3.05, 3.63) is 58.3 Å². The van der Waals surface area contributed by atoms with E-state index < -0.39 is 0 Å². The Bertz CT molecular complexity index is 524. The average molecular weight is 254 g/mol. The van der Waals surface area contributed by atoms with Crippen LogP contribution in [0.15, 0.2) is 34.7 Å². The maximum Gasteiger partial charge on any atom is 0.193 e. The molecule has 0 radical (unpaired) electrons. The zero-order valence-corrected chi connectivity index (χ0v) is 10.4. The van der Waals surface area contributed by atoms with Crippen LogP contribution in [-0.4, -0.2) is 7.05 Å². The van der Waals surface area contributed by atoms with Crippen molar-refractivity contribution in [3.8, 4) is 0 Å². The Hall–Kier alpha value is -1.32. The molecule has 0 saturated carbocycles. The quantitative estimate of drug-likeness (QED) is 0.903. The molecule has 17 heavy (non-hydrogen) atoms. The molecule has 1 heterocycles. The van der Waals surface area contributed by atoms with Gasteiger partial charge in [-0.15, -0.1) is 0 Å². The van der Waals surface area contributed by atoms with Gasteiger partial charge in [0.1, 0.15) is 11.6 Å². The maximum absolute atomic E-state index is 13.3. The van der Waals surface area contributed by atoms with E-state index in [9.17, 15) is 4.39 Å². The summed E-state index contributed by atoms with van der Waals surface area (Å²) in [6.07, 6.45) is 0. The van der Waals surface area contributed by atoms with Gasteiger partial charge in [0, 0.05) is 0 Å². The molecule has 1 aromatic carbocycles. The SMILES string of the molecule is CNC(c1ccc(Cl)o1)c1cc(F)ccc1C. The van der Waals surface area contributed by atoms with E-state index in [1.807, 2.05) is 6.92 Å². The Labute approximate surface area is 104 Å². The number of aryl methyl sites for hydroxylation is 1. The molecule has 1 unspecified atom stereocenters. The number of hydrogen-bond donors (Lipinski definition) is 1. The molecule has 90 valence electrons. The van der Waals surface area contributed by atoms with E-state index >= 15 is 0 Å². The molecule has 2 nitrogen and oxygen atoms in total. The molecular formula is C13H13ClFNO. The van der Waals surface area contributed by atoms with Crippen LogP contribution in [0.4, 0.5) is 4.39 Å². The van der Waals surface area contributed by atoms with Crippen LogP contribution >= 0.6 is 11.6 Å². The van der Waals surface area contributed by atoms with Crippen molar-refractivity contribution < 1.29 is 8.81 Å². The van der Waals surface area contributed by atoms with Crippen molar-refractivity contribution in [1.29, 1.82) is 0 Å². The molecule has 1 N–H and O–H groups in total. The molecule has 0 spiro atoms. The number of benzene rings is 1. The van der Waals surface area contributed by atoms with E-state index in [0.717, 1.165) is 11.1 Å². The summed E-state index contributed by atoms with van der Waals surface area (Å²) in [5.41, 5.74) is 1.84. The molecule has 2 rings (SSSR count). The Morgan fingerprint density at radius 3 is 2.65 bits per heavy atom. The summed E-state index contributed by atoms with van der Waals surface area (Å²) in [7, 11) is 1.80. The molecule has 2 aromatic rings. The first-order valence-corrected chi connectivity index (χ1v) is 5.68. The van der Waals surface area contributed by atoms with Crippen LogP contribution in [0.1, 0.15) is 22.9 Å². The van der Waals surface area contributed by atoms with E-state index in [4.69, 9.17) is 16.0 Å². The summed E-state index contributed by atoms with van der Waals surface area (Å²) < 4.78 is 18.6. The van der Waals surface area contributed by atoms with Gasteiger partial charge in [-0.3, -0.25) is 0 Å². The van der Waals surface area contributed by atoms with Gasteiger partial charge in [0.25, 0.3) is 0 Å². The molecule has 1 atom stereocenters. The van der Waals surface area contributed by atoms with Crippen LogP contribution in [0.3, 0.4) is 0 Å². The van der Waals surface area contributed by atoms with E-state index in [1.165, 1.54) is 12.1 Å². The fraction of sp³-hybridized carbons (Fsp3) is 0.231. The molecule has 0 saturated heterocycles. The van der Waals surface area contributed by atoms with Crippen molar-refractivity contribution in [2.24, 2.45) is 0 Å². The number of nitrogens with one attached hydrogen (secondary N) is 1. The molecule has 1 aromatic heterocycles. The zero-order chi connectivity index (χ0) is 12.4. The Kier molecular flexibility index (Phi) is 3.50. The highest BCUT2D eigenvalue weighted by Gasteiger charge is 2.18. The Morgan fingerprint density at radius 1 is 1.29 bits per heavy atom. The molecule has 0 bridgehead atoms. The van der Waals surface area contributed by atoms with Gasteiger partial charge in [0.15, 0.2) is 5.22 Å². The van der Waals surface area contributed by atoms with E-state index in [1.54, 1.807) is 25.2 Å². The second kappa shape index (κ2) is 4.90. The van der Waals surface area contributed by atoms with Gasteiger partial charge in [-0.05, 0) is 61.0 Å². The second-order valence-corrected chi connectivity index (χ2v) is 4.24. The summed E-state index contributed by atoms with van der Waals surface area (Å²) in [6, 6.07) is 7.97. The summed E-state index contributed by atoms with van der Waals surface area (Å²) in [4.78, 5) is 0.